The fourth-order valence-corrected chi connectivity index (χ4v) is 3.05. The number of ether oxygens (including phenoxy) is 1. The van der Waals surface area contributed by atoms with Crippen LogP contribution in [0.4, 0.5) is 11.4 Å². The predicted octanol–water partition coefficient (Wildman–Crippen LogP) is 2.57. The maximum Gasteiger partial charge on any atom is 0.229 e. The highest BCUT2D eigenvalue weighted by molar-refractivity contribution is 6.04. The van der Waals surface area contributed by atoms with E-state index in [9.17, 15) is 9.59 Å². The lowest BCUT2D eigenvalue weighted by atomic mass is 10.1. The van der Waals surface area contributed by atoms with Crippen molar-refractivity contribution in [2.24, 2.45) is 5.92 Å². The molecule has 2 aliphatic rings. The summed E-state index contributed by atoms with van der Waals surface area (Å²) in [5, 5.41) is 2.90. The summed E-state index contributed by atoms with van der Waals surface area (Å²) in [6.07, 6.45) is 3.55. The van der Waals surface area contributed by atoms with Crippen LogP contribution in [0.25, 0.3) is 0 Å². The molecule has 1 aromatic carbocycles. The van der Waals surface area contributed by atoms with E-state index < -0.39 is 0 Å². The van der Waals surface area contributed by atoms with Crippen molar-refractivity contribution in [1.82, 2.24) is 0 Å². The number of hydrogen-bond donors (Lipinski definition) is 1. The number of para-hydroxylation sites is 2. The zero-order valence-corrected chi connectivity index (χ0v) is 12.9. The smallest absolute Gasteiger partial charge is 0.229 e. The molecule has 0 aliphatic carbocycles. The molecule has 1 saturated heterocycles. The minimum Gasteiger partial charge on any atom is -0.378 e. The van der Waals surface area contributed by atoms with Crippen molar-refractivity contribution in [1.29, 1.82) is 0 Å². The number of carbonyl (C=O) groups excluding carboxylic acids is 2. The average molecular weight is 302 g/mol. The van der Waals surface area contributed by atoms with Gasteiger partial charge in [-0.3, -0.25) is 9.59 Å². The summed E-state index contributed by atoms with van der Waals surface area (Å²) in [5.74, 6) is -0.202. The standard InChI is InChI=1S/C17H22N2O3/c1-12-11-19(16(20)9-8-13-5-4-10-22-13)15-7-3-2-6-14(15)18-17(12)21/h2-3,6-7,12-13H,4-5,8-11H2,1H3,(H,18,21)/t12-,13+/m1/s1. The molecule has 0 aromatic heterocycles. The van der Waals surface area contributed by atoms with Crippen molar-refractivity contribution in [2.75, 3.05) is 23.4 Å². The normalized spacial score (nSPS) is 24.6. The first-order valence-corrected chi connectivity index (χ1v) is 7.97. The second-order valence-corrected chi connectivity index (χ2v) is 6.09. The summed E-state index contributed by atoms with van der Waals surface area (Å²) in [7, 11) is 0. The van der Waals surface area contributed by atoms with Gasteiger partial charge in [0.25, 0.3) is 0 Å². The number of carbonyl (C=O) groups is 2. The molecule has 2 atom stereocenters. The van der Waals surface area contributed by atoms with Gasteiger partial charge in [-0.1, -0.05) is 19.1 Å². The number of nitrogens with one attached hydrogen (secondary N) is 1. The Morgan fingerprint density at radius 3 is 3.00 bits per heavy atom. The molecular formula is C17H22N2O3. The van der Waals surface area contributed by atoms with Crippen molar-refractivity contribution >= 4 is 23.2 Å². The van der Waals surface area contributed by atoms with Gasteiger partial charge >= 0.3 is 0 Å². The van der Waals surface area contributed by atoms with E-state index in [4.69, 9.17) is 4.74 Å². The average Bonchev–Trinajstić information content (AvgIpc) is 3.00. The van der Waals surface area contributed by atoms with Gasteiger partial charge in [0.05, 0.1) is 23.4 Å². The van der Waals surface area contributed by atoms with E-state index in [0.717, 1.165) is 31.6 Å². The Balaban J connectivity index is 1.75. The largest absolute Gasteiger partial charge is 0.378 e. The van der Waals surface area contributed by atoms with Crippen LogP contribution in [0.5, 0.6) is 0 Å². The number of amides is 2. The van der Waals surface area contributed by atoms with Crippen LogP contribution in [0, 0.1) is 5.92 Å². The minimum absolute atomic E-state index is 0.0399. The Morgan fingerprint density at radius 1 is 1.41 bits per heavy atom. The molecule has 0 unspecified atom stereocenters. The van der Waals surface area contributed by atoms with E-state index in [1.54, 1.807) is 4.90 Å². The Bertz CT molecular complexity index is 567. The molecule has 0 saturated carbocycles. The predicted molar refractivity (Wildman–Crippen MR) is 84.8 cm³/mol. The van der Waals surface area contributed by atoms with Crippen molar-refractivity contribution in [3.8, 4) is 0 Å². The highest BCUT2D eigenvalue weighted by Crippen LogP contribution is 2.30. The molecule has 1 aromatic rings. The highest BCUT2D eigenvalue weighted by atomic mass is 16.5. The number of anilines is 2. The number of nitrogens with zero attached hydrogens (tertiary/aromatic N) is 1. The summed E-state index contributed by atoms with van der Waals surface area (Å²) >= 11 is 0. The van der Waals surface area contributed by atoms with Gasteiger partial charge in [-0.25, -0.2) is 0 Å². The monoisotopic (exact) mass is 302 g/mol. The van der Waals surface area contributed by atoms with Crippen LogP contribution in [-0.4, -0.2) is 31.1 Å². The van der Waals surface area contributed by atoms with Gasteiger partial charge < -0.3 is 15.0 Å². The molecule has 118 valence electrons. The number of rotatable bonds is 3. The first-order valence-electron chi connectivity index (χ1n) is 7.97. The van der Waals surface area contributed by atoms with Crippen LogP contribution in [0.2, 0.25) is 0 Å². The number of fused-ring (bicyclic) bond motifs is 1. The lowest BCUT2D eigenvalue weighted by molar-refractivity contribution is -0.120. The Labute approximate surface area is 130 Å². The third-order valence-electron chi connectivity index (χ3n) is 4.36. The van der Waals surface area contributed by atoms with Gasteiger partial charge in [0.2, 0.25) is 11.8 Å². The lowest BCUT2D eigenvalue weighted by Crippen LogP contribution is -2.36. The molecule has 0 spiro atoms. The van der Waals surface area contributed by atoms with Gasteiger partial charge in [0, 0.05) is 19.6 Å². The van der Waals surface area contributed by atoms with Gasteiger partial charge in [-0.05, 0) is 31.4 Å². The van der Waals surface area contributed by atoms with Crippen molar-refractivity contribution in [3.63, 3.8) is 0 Å². The Hall–Kier alpha value is -1.88. The van der Waals surface area contributed by atoms with Crippen LogP contribution in [0.3, 0.4) is 0 Å². The molecular weight excluding hydrogens is 280 g/mol. The minimum atomic E-state index is -0.223. The first kappa shape index (κ1) is 15.0. The van der Waals surface area contributed by atoms with Gasteiger partial charge in [0.15, 0.2) is 0 Å². The summed E-state index contributed by atoms with van der Waals surface area (Å²) in [5.41, 5.74) is 1.50. The summed E-state index contributed by atoms with van der Waals surface area (Å²) in [4.78, 5) is 26.4. The van der Waals surface area contributed by atoms with E-state index in [0.29, 0.717) is 18.7 Å². The fraction of sp³-hybridized carbons (Fsp3) is 0.529. The molecule has 22 heavy (non-hydrogen) atoms. The van der Waals surface area contributed by atoms with Crippen molar-refractivity contribution < 1.29 is 14.3 Å². The Morgan fingerprint density at radius 2 is 2.23 bits per heavy atom. The summed E-state index contributed by atoms with van der Waals surface area (Å²) in [6, 6.07) is 7.48. The highest BCUT2D eigenvalue weighted by Gasteiger charge is 2.28. The second kappa shape index (κ2) is 6.48. The third kappa shape index (κ3) is 3.14. The van der Waals surface area contributed by atoms with E-state index in [2.05, 4.69) is 5.32 Å². The quantitative estimate of drug-likeness (QED) is 0.933. The maximum absolute atomic E-state index is 12.7. The van der Waals surface area contributed by atoms with Crippen LogP contribution < -0.4 is 10.2 Å². The van der Waals surface area contributed by atoms with E-state index in [1.807, 2.05) is 31.2 Å². The fourth-order valence-electron chi connectivity index (χ4n) is 3.05. The van der Waals surface area contributed by atoms with E-state index in [1.165, 1.54) is 0 Å². The molecule has 3 rings (SSSR count). The van der Waals surface area contributed by atoms with Crippen molar-refractivity contribution in [2.45, 2.75) is 38.7 Å². The first-order chi connectivity index (χ1) is 10.6. The number of hydrogen-bond acceptors (Lipinski definition) is 3. The SMILES string of the molecule is C[C@@H]1CN(C(=O)CC[C@@H]2CCCO2)c2ccccc2NC1=O. The van der Waals surface area contributed by atoms with Crippen LogP contribution in [-0.2, 0) is 14.3 Å². The van der Waals surface area contributed by atoms with Crippen LogP contribution >= 0.6 is 0 Å². The topological polar surface area (TPSA) is 58.6 Å². The maximum atomic E-state index is 12.7. The molecule has 2 heterocycles. The zero-order chi connectivity index (χ0) is 15.5. The van der Waals surface area contributed by atoms with E-state index >= 15 is 0 Å². The van der Waals surface area contributed by atoms with E-state index in [-0.39, 0.29) is 23.8 Å². The molecule has 2 aliphatic heterocycles. The molecule has 0 radical (unpaired) electrons. The zero-order valence-electron chi connectivity index (χ0n) is 12.9. The van der Waals surface area contributed by atoms with Gasteiger partial charge in [-0.15, -0.1) is 0 Å². The lowest BCUT2D eigenvalue weighted by Gasteiger charge is -2.24. The number of benzene rings is 1. The Kier molecular flexibility index (Phi) is 4.43. The second-order valence-electron chi connectivity index (χ2n) is 6.09. The molecule has 0 bridgehead atoms. The van der Waals surface area contributed by atoms with Crippen LogP contribution in [0.1, 0.15) is 32.6 Å². The van der Waals surface area contributed by atoms with Crippen LogP contribution in [0.15, 0.2) is 24.3 Å². The molecule has 2 amide bonds. The molecule has 1 N–H and O–H groups in total. The summed E-state index contributed by atoms with van der Waals surface area (Å²) < 4.78 is 5.59. The summed E-state index contributed by atoms with van der Waals surface area (Å²) in [6.45, 7) is 3.08. The van der Waals surface area contributed by atoms with Crippen molar-refractivity contribution in [3.05, 3.63) is 24.3 Å². The third-order valence-corrected chi connectivity index (χ3v) is 4.36. The van der Waals surface area contributed by atoms with Gasteiger partial charge in [0.1, 0.15) is 0 Å². The molecule has 1 fully saturated rings. The van der Waals surface area contributed by atoms with Gasteiger partial charge in [-0.2, -0.15) is 0 Å². The molecule has 5 nitrogen and oxygen atoms in total. The molecule has 5 heteroatoms.